The van der Waals surface area contributed by atoms with Crippen LogP contribution >= 0.6 is 0 Å². The fourth-order valence-electron chi connectivity index (χ4n) is 22.6. The molecule has 2 aromatic carbocycles. The molecule has 4 aromatic rings. The Hall–Kier alpha value is -9.30. The molecule has 32 nitrogen and oxygen atoms in total. The highest BCUT2D eigenvalue weighted by Gasteiger charge is 2.80. The highest BCUT2D eigenvalue weighted by Crippen LogP contribution is 2.70. The third kappa shape index (κ3) is 17.3. The average Bonchev–Trinajstić information content (AvgIpc) is 1.66. The summed E-state index contributed by atoms with van der Waals surface area (Å²) in [5, 5.41) is 67.0. The van der Waals surface area contributed by atoms with Crippen LogP contribution in [0.15, 0.2) is 132 Å². The number of aliphatic hydroxyl groups is 5. The Morgan fingerprint density at radius 3 is 1.33 bits per heavy atom. The van der Waals surface area contributed by atoms with E-state index >= 15 is 8.78 Å². The number of alkyl carbamates (subject to hydrolysis) is 2. The summed E-state index contributed by atoms with van der Waals surface area (Å²) in [5.41, 5.74) is -13.7. The van der Waals surface area contributed by atoms with Crippen LogP contribution in [0.4, 0.5) is 18.4 Å². The molecule has 129 heavy (non-hydrogen) atoms. The molecule has 2 amide bonds. The van der Waals surface area contributed by atoms with E-state index in [0.29, 0.717) is 54.5 Å². The Morgan fingerprint density at radius 2 is 0.977 bits per heavy atom. The van der Waals surface area contributed by atoms with E-state index in [1.807, 2.05) is 13.8 Å². The van der Waals surface area contributed by atoms with Crippen molar-refractivity contribution in [2.24, 2.45) is 33.5 Å². The second-order valence-corrected chi connectivity index (χ2v) is 40.3. The number of carbonyl (C=O) groups is 8. The largest absolute Gasteiger partial charge is 0.456 e. The van der Waals surface area contributed by atoms with Gasteiger partial charge in [-0.15, -0.1) is 0 Å². The van der Waals surface area contributed by atoms with Gasteiger partial charge in [-0.2, -0.15) is 0 Å². The summed E-state index contributed by atoms with van der Waals surface area (Å²) in [5.74, 6) is -9.26. The predicted octanol–water partition coefficient (Wildman–Crippen LogP) is 10.0. The summed E-state index contributed by atoms with van der Waals surface area (Å²) in [6.45, 7) is 34.9. The summed E-state index contributed by atoms with van der Waals surface area (Å²) in [7, 11) is 0. The maximum atomic E-state index is 15.4. The molecule has 4 bridgehead atoms. The molecular formula is C95H121F2N5O27. The van der Waals surface area contributed by atoms with E-state index in [1.54, 1.807) is 158 Å². The van der Waals surface area contributed by atoms with Crippen LogP contribution in [-0.2, 0) is 85.5 Å². The maximum Gasteiger partial charge on any atom is 0.408 e. The number of nitrogens with one attached hydrogen (secondary N) is 2. The molecule has 6 aliphatic carbocycles. The number of halogens is 2. The predicted molar refractivity (Wildman–Crippen MR) is 451 cm³/mol. The van der Waals surface area contributed by atoms with Crippen LogP contribution in [0.5, 0.6) is 0 Å². The number of rotatable bonds is 20. The van der Waals surface area contributed by atoms with Gasteiger partial charge in [-0.05, 0) is 178 Å². The van der Waals surface area contributed by atoms with Crippen LogP contribution in [0, 0.1) is 45.1 Å². The van der Waals surface area contributed by atoms with Gasteiger partial charge in [-0.3, -0.25) is 24.5 Å². The van der Waals surface area contributed by atoms with Crippen molar-refractivity contribution in [3.05, 3.63) is 166 Å². The van der Waals surface area contributed by atoms with E-state index in [0.717, 1.165) is 18.6 Å². The van der Waals surface area contributed by atoms with Crippen LogP contribution in [0.2, 0.25) is 0 Å². The van der Waals surface area contributed by atoms with Crippen molar-refractivity contribution in [2.45, 2.75) is 313 Å². The van der Waals surface area contributed by atoms with Gasteiger partial charge in [0.15, 0.2) is 36.0 Å². The number of benzene rings is 2. The van der Waals surface area contributed by atoms with E-state index in [1.165, 1.54) is 44.4 Å². The number of aliphatic hydroxyl groups excluding tert-OH is 2. The molecule has 7 heterocycles. The van der Waals surface area contributed by atoms with Crippen molar-refractivity contribution in [1.82, 2.24) is 25.5 Å². The minimum absolute atomic E-state index is 0.0705. The molecule has 2 aromatic heterocycles. The van der Waals surface area contributed by atoms with Crippen LogP contribution < -0.4 is 10.6 Å². The highest BCUT2D eigenvalue weighted by molar-refractivity contribution is 5.90. The lowest BCUT2D eigenvalue weighted by atomic mass is 9.45. The van der Waals surface area contributed by atoms with E-state index in [4.69, 9.17) is 66.3 Å². The topological polar surface area (TPSA) is 420 Å². The molecular weight excluding hydrogens is 1680 g/mol. The molecule has 0 spiro atoms. The first-order valence-corrected chi connectivity index (χ1v) is 44.0. The number of nitrogens with zero attached hydrogens (tertiary/aromatic N) is 3. The second kappa shape index (κ2) is 35.0. The molecule has 702 valence electrons. The lowest BCUT2D eigenvalue weighted by Crippen LogP contribution is -2.79. The summed E-state index contributed by atoms with van der Waals surface area (Å²) in [6.07, 6.45) is -13.4. The molecule has 25 atom stereocenters. The summed E-state index contributed by atoms with van der Waals surface area (Å²) in [6, 6.07) is 17.5. The van der Waals surface area contributed by atoms with Gasteiger partial charge in [-0.1, -0.05) is 84.5 Å². The number of esters is 6. The Bertz CT molecular complexity index is 5040. The quantitative estimate of drug-likeness (QED) is 0.0246. The fourth-order valence-corrected chi connectivity index (χ4v) is 22.6. The smallest absolute Gasteiger partial charge is 0.408 e. The zero-order valence-corrected chi connectivity index (χ0v) is 76.1. The number of hydrogen-bond donors (Lipinski definition) is 7. The minimum atomic E-state index is -2.27. The van der Waals surface area contributed by atoms with Crippen molar-refractivity contribution < 1.29 is 139 Å². The number of aromatic nitrogens is 2. The van der Waals surface area contributed by atoms with Gasteiger partial charge in [0, 0.05) is 79.9 Å². The molecule has 4 saturated carbocycles. The molecule has 5 aliphatic heterocycles. The Kier molecular flexibility index (Phi) is 26.0. The van der Waals surface area contributed by atoms with Crippen LogP contribution in [0.3, 0.4) is 0 Å². The van der Waals surface area contributed by atoms with E-state index < -0.39 is 254 Å². The van der Waals surface area contributed by atoms with Gasteiger partial charge in [0.05, 0.1) is 54.0 Å². The highest BCUT2D eigenvalue weighted by atomic mass is 19.1. The van der Waals surface area contributed by atoms with E-state index in [-0.39, 0.29) is 36.9 Å². The van der Waals surface area contributed by atoms with Crippen molar-refractivity contribution in [1.29, 1.82) is 0 Å². The van der Waals surface area contributed by atoms with Crippen molar-refractivity contribution in [2.75, 3.05) is 26.3 Å². The van der Waals surface area contributed by atoms with Crippen LogP contribution in [0.25, 0.3) is 0 Å². The number of carbonyl (C=O) groups excluding carboxylic acids is 8. The monoisotopic (exact) mass is 1800 g/mol. The standard InChI is InChI=1S/C50H66FN3O14.C45H55FN2O13/c1-26-30(63-43(58)37(56)36(35-29(51)17-14-21-52-35)53-44(59)68-45(3,4)5)23-50(61)41(66-42(57)28-15-12-11-13-16-28)39-48(10,20-18-32-49(39,25-62-32)67-27(2)55)40-38(34(26)46(50,6)7)64-33(65-40)24-54-22-19-31(54)47(8,9)60;1-10-29-57-34-30-23(2)27(56-39(52)33(50)32(31-26(46)17-14-20-47-31)48-40(53)61-41(4,5)6)21-45(54,42(30,7)8)37(59-38(51)25-15-12-11-13-16-25)35-43(9,36(34)58-29)19-18-28-44(35,22-55-28)60-24(3)49/h11-17,21,30-33,36-41,56,60-61H,18-20,22-25H2,1-10H3,(H,53,59);10-17,20,27-29,32-37,50,54H,1,18-19,21-22H2,2-9H3,(H,48,53)/t30-,31-,32+,33+,36-,37+,38+,39-,40+,41-,48+,49-,50+;27-,28+,29+,32-,33+,34+,35-,36+,37-,43+,44-,45+/m00/s1. The van der Waals surface area contributed by atoms with Crippen LogP contribution in [-0.4, -0.2) is 246 Å². The molecule has 5 saturated heterocycles. The summed E-state index contributed by atoms with van der Waals surface area (Å²) in [4.78, 5) is 120. The van der Waals surface area contributed by atoms with E-state index in [2.05, 4.69) is 32.1 Å². The Balaban J connectivity index is 0.000000210. The van der Waals surface area contributed by atoms with Crippen molar-refractivity contribution in [3.63, 3.8) is 0 Å². The number of pyridine rings is 2. The third-order valence-corrected chi connectivity index (χ3v) is 28.7. The first-order valence-electron chi connectivity index (χ1n) is 44.0. The lowest BCUT2D eigenvalue weighted by Gasteiger charge is -2.68. The first-order chi connectivity index (χ1) is 60.3. The first kappa shape index (κ1) is 95.8. The van der Waals surface area contributed by atoms with Gasteiger partial charge >= 0.3 is 48.0 Å². The summed E-state index contributed by atoms with van der Waals surface area (Å²) < 4.78 is 119. The van der Waals surface area contributed by atoms with Crippen molar-refractivity contribution >= 4 is 48.0 Å². The Labute approximate surface area is 748 Å². The molecule has 15 rings (SSSR count). The molecule has 0 unspecified atom stereocenters. The number of ether oxygens (including phenoxy) is 14. The average molecular weight is 1800 g/mol. The normalized spacial score (nSPS) is 34.8. The van der Waals surface area contributed by atoms with Gasteiger partial charge in [0.2, 0.25) is 0 Å². The zero-order valence-electron chi connectivity index (χ0n) is 76.1. The molecule has 11 aliphatic rings. The second-order valence-electron chi connectivity index (χ2n) is 40.3. The zero-order chi connectivity index (χ0) is 94.0. The Morgan fingerprint density at radius 1 is 0.574 bits per heavy atom. The molecule has 7 N–H and O–H groups in total. The SMILES string of the molecule is C=C[C@@H]1O[C@@H]2C3=C(C)[C@@H](OC(=O)[C@H](O)[C@@H](NC(=O)OC(C)(C)C)c4ncccc4F)C[C@@](O)([C@@H](OC(=O)c4ccccc4)[C@H]4[C@@](C)(CC[C@H]5OC[C@]54OC(C)=O)[C@@H]2O1)C3(C)C.CC(=O)O[C@@]12CO[C@@H]1CC[C@@]1(C)[C@@H]3O[C@H](CN4CC[C@H]4C(C)(C)O)O[C@@H]3C3=C(C)[C@@H](OC(=O)[C@H](O)[C@@H](NC(=O)OC(C)(C)C)c4ncccc4F)C[C@@](O)([C@@H](OC(=O)c4ccccc4)[C@@H]12)C3(C)C. The molecule has 9 fully saturated rings. The van der Waals surface area contributed by atoms with Gasteiger partial charge in [0.25, 0.3) is 0 Å². The van der Waals surface area contributed by atoms with Gasteiger partial charge in [-0.25, -0.2) is 37.5 Å². The van der Waals surface area contributed by atoms with E-state index in [9.17, 15) is 63.9 Å². The molecule has 34 heteroatoms. The van der Waals surface area contributed by atoms with Gasteiger partial charge < -0.3 is 102 Å². The molecule has 0 radical (unpaired) electrons. The summed E-state index contributed by atoms with van der Waals surface area (Å²) >= 11 is 0. The van der Waals surface area contributed by atoms with Gasteiger partial charge in [0.1, 0.15) is 106 Å². The number of amides is 2. The number of fused-ring (bicyclic) bond motifs is 16. The lowest BCUT2D eigenvalue weighted by molar-refractivity contribution is -0.345. The van der Waals surface area contributed by atoms with Crippen molar-refractivity contribution in [3.8, 4) is 0 Å². The van der Waals surface area contributed by atoms with Crippen LogP contribution in [0.1, 0.15) is 214 Å². The minimum Gasteiger partial charge on any atom is -0.456 e. The maximum absolute atomic E-state index is 15.4. The fraction of sp³-hybridized carbons (Fsp3) is 0.621. The number of hydrogen-bond acceptors (Lipinski definition) is 30. The third-order valence-electron chi connectivity index (χ3n) is 28.7. The number of likely N-dealkylation sites (tertiary alicyclic amines) is 1.